The lowest BCUT2D eigenvalue weighted by atomic mass is 10.1. The summed E-state index contributed by atoms with van der Waals surface area (Å²) in [6.07, 6.45) is 1.77. The summed E-state index contributed by atoms with van der Waals surface area (Å²) < 4.78 is 19.7. The number of benzene rings is 1. The van der Waals surface area contributed by atoms with Gasteiger partial charge in [0.15, 0.2) is 11.6 Å². The molecule has 2 rings (SSSR count). The van der Waals surface area contributed by atoms with Gasteiger partial charge in [0.2, 0.25) is 0 Å². The third-order valence-corrected chi connectivity index (χ3v) is 3.77. The molecule has 0 bridgehead atoms. The maximum Gasteiger partial charge on any atom is 0.165 e. The van der Waals surface area contributed by atoms with E-state index in [2.05, 4.69) is 31.1 Å². The van der Waals surface area contributed by atoms with E-state index < -0.39 is 0 Å². The molecule has 3 nitrogen and oxygen atoms in total. The highest BCUT2D eigenvalue weighted by molar-refractivity contribution is 7.11. The first-order valence-corrected chi connectivity index (χ1v) is 7.73. The molecule has 0 amide bonds. The Kier molecular flexibility index (Phi) is 4.96. The minimum Gasteiger partial charge on any atom is -0.485 e. The fourth-order valence-electron chi connectivity index (χ4n) is 1.83. The van der Waals surface area contributed by atoms with Crippen molar-refractivity contribution in [3.63, 3.8) is 0 Å². The van der Waals surface area contributed by atoms with Crippen molar-refractivity contribution < 1.29 is 9.13 Å². The molecule has 2 aromatic rings. The van der Waals surface area contributed by atoms with Crippen LogP contribution in [0.1, 0.15) is 36.2 Å². The van der Waals surface area contributed by atoms with E-state index in [0.717, 1.165) is 15.4 Å². The Morgan fingerprint density at radius 3 is 2.71 bits per heavy atom. The van der Waals surface area contributed by atoms with Crippen LogP contribution >= 0.6 is 11.3 Å². The molecular weight excluding hydrogens is 287 g/mol. The standard InChI is InChI=1S/C16H21FN2OS/c1-11-18-9-13(21-11)10-20-15-12(6-5-7-14(15)17)8-19-16(2,3)4/h5-7,9,19H,8,10H2,1-4H3. The van der Waals surface area contributed by atoms with Gasteiger partial charge in [0.25, 0.3) is 0 Å². The summed E-state index contributed by atoms with van der Waals surface area (Å²) in [5, 5.41) is 4.33. The normalized spacial score (nSPS) is 11.7. The smallest absolute Gasteiger partial charge is 0.165 e. The first-order valence-electron chi connectivity index (χ1n) is 6.92. The summed E-state index contributed by atoms with van der Waals surface area (Å²) in [7, 11) is 0. The van der Waals surface area contributed by atoms with Gasteiger partial charge in [-0.05, 0) is 33.8 Å². The molecular formula is C16H21FN2OS. The predicted octanol–water partition coefficient (Wildman–Crippen LogP) is 4.06. The Bertz CT molecular complexity index is 605. The highest BCUT2D eigenvalue weighted by atomic mass is 32.1. The van der Waals surface area contributed by atoms with E-state index in [1.54, 1.807) is 23.6 Å². The van der Waals surface area contributed by atoms with Crippen molar-refractivity contribution in [3.8, 4) is 5.75 Å². The molecule has 0 aliphatic heterocycles. The lowest BCUT2D eigenvalue weighted by Crippen LogP contribution is -2.35. The van der Waals surface area contributed by atoms with Crippen LogP contribution in [0.25, 0.3) is 0 Å². The Morgan fingerprint density at radius 2 is 2.10 bits per heavy atom. The zero-order chi connectivity index (χ0) is 15.5. The molecule has 1 aromatic heterocycles. The SMILES string of the molecule is Cc1ncc(COc2c(F)cccc2CNC(C)(C)C)s1. The number of hydrogen-bond donors (Lipinski definition) is 1. The Morgan fingerprint density at radius 1 is 1.33 bits per heavy atom. The summed E-state index contributed by atoms with van der Waals surface area (Å²) in [6.45, 7) is 9.08. The van der Waals surface area contributed by atoms with Gasteiger partial charge < -0.3 is 10.1 Å². The van der Waals surface area contributed by atoms with Crippen LogP contribution in [-0.2, 0) is 13.2 Å². The van der Waals surface area contributed by atoms with Crippen LogP contribution in [0, 0.1) is 12.7 Å². The van der Waals surface area contributed by atoms with Crippen molar-refractivity contribution in [1.29, 1.82) is 0 Å². The van der Waals surface area contributed by atoms with Crippen molar-refractivity contribution in [3.05, 3.63) is 45.7 Å². The number of nitrogens with one attached hydrogen (secondary N) is 1. The quantitative estimate of drug-likeness (QED) is 0.904. The molecule has 5 heteroatoms. The molecule has 1 heterocycles. The Labute approximate surface area is 129 Å². The van der Waals surface area contributed by atoms with Crippen LogP contribution in [0.4, 0.5) is 4.39 Å². The number of aryl methyl sites for hydroxylation is 1. The molecule has 0 unspecified atom stereocenters. The molecule has 0 spiro atoms. The fraction of sp³-hybridized carbons (Fsp3) is 0.438. The number of thiazole rings is 1. The summed E-state index contributed by atoms with van der Waals surface area (Å²) in [4.78, 5) is 5.17. The van der Waals surface area contributed by atoms with Crippen LogP contribution in [0.3, 0.4) is 0 Å². The third kappa shape index (κ3) is 4.79. The predicted molar refractivity (Wildman–Crippen MR) is 84.2 cm³/mol. The molecule has 0 atom stereocenters. The maximum absolute atomic E-state index is 14.0. The minimum absolute atomic E-state index is 0.0294. The van der Waals surface area contributed by atoms with E-state index in [4.69, 9.17) is 4.74 Å². The maximum atomic E-state index is 14.0. The molecule has 0 saturated carbocycles. The molecule has 0 fully saturated rings. The minimum atomic E-state index is -0.329. The van der Waals surface area contributed by atoms with Gasteiger partial charge >= 0.3 is 0 Å². The highest BCUT2D eigenvalue weighted by Gasteiger charge is 2.14. The lowest BCUT2D eigenvalue weighted by molar-refractivity contribution is 0.287. The molecule has 0 aliphatic carbocycles. The Hall–Kier alpha value is -1.46. The van der Waals surface area contributed by atoms with E-state index in [1.807, 2.05) is 13.0 Å². The van der Waals surface area contributed by atoms with Crippen LogP contribution in [-0.4, -0.2) is 10.5 Å². The van der Waals surface area contributed by atoms with Gasteiger partial charge in [-0.25, -0.2) is 9.37 Å². The molecule has 0 aliphatic rings. The van der Waals surface area contributed by atoms with Crippen LogP contribution in [0.15, 0.2) is 24.4 Å². The number of halogens is 1. The van der Waals surface area contributed by atoms with Gasteiger partial charge in [0.05, 0.1) is 9.88 Å². The van der Waals surface area contributed by atoms with Crippen molar-refractivity contribution >= 4 is 11.3 Å². The van der Waals surface area contributed by atoms with E-state index in [0.29, 0.717) is 18.9 Å². The zero-order valence-corrected chi connectivity index (χ0v) is 13.7. The average Bonchev–Trinajstić information content (AvgIpc) is 2.80. The number of nitrogens with zero attached hydrogens (tertiary/aromatic N) is 1. The summed E-state index contributed by atoms with van der Waals surface area (Å²) in [5.74, 6) is -0.00949. The molecule has 0 radical (unpaired) electrons. The highest BCUT2D eigenvalue weighted by Crippen LogP contribution is 2.25. The van der Waals surface area contributed by atoms with E-state index in [-0.39, 0.29) is 11.4 Å². The molecule has 21 heavy (non-hydrogen) atoms. The van der Waals surface area contributed by atoms with Crippen molar-refractivity contribution in [2.24, 2.45) is 0 Å². The lowest BCUT2D eigenvalue weighted by Gasteiger charge is -2.21. The molecule has 1 N–H and O–H groups in total. The summed E-state index contributed by atoms with van der Waals surface area (Å²) >= 11 is 1.56. The number of aromatic nitrogens is 1. The third-order valence-electron chi connectivity index (χ3n) is 2.89. The topological polar surface area (TPSA) is 34.1 Å². The second kappa shape index (κ2) is 6.54. The number of ether oxygens (including phenoxy) is 1. The van der Waals surface area contributed by atoms with Gasteiger partial charge in [-0.3, -0.25) is 0 Å². The summed E-state index contributed by atoms with van der Waals surface area (Å²) in [5.41, 5.74) is 0.796. The van der Waals surface area contributed by atoms with Crippen LogP contribution < -0.4 is 10.1 Å². The van der Waals surface area contributed by atoms with Gasteiger partial charge in [-0.2, -0.15) is 0 Å². The summed E-state index contributed by atoms with van der Waals surface area (Å²) in [6, 6.07) is 5.02. The Balaban J connectivity index is 2.10. The molecule has 1 aromatic carbocycles. The first kappa shape index (κ1) is 15.9. The van der Waals surface area contributed by atoms with Crippen LogP contribution in [0.2, 0.25) is 0 Å². The van der Waals surface area contributed by atoms with E-state index in [1.165, 1.54) is 6.07 Å². The monoisotopic (exact) mass is 308 g/mol. The van der Waals surface area contributed by atoms with Crippen molar-refractivity contribution in [2.75, 3.05) is 0 Å². The zero-order valence-electron chi connectivity index (χ0n) is 12.9. The molecule has 0 saturated heterocycles. The number of para-hydroxylation sites is 1. The van der Waals surface area contributed by atoms with Gasteiger partial charge in [0, 0.05) is 23.8 Å². The number of rotatable bonds is 5. The second-order valence-corrected chi connectivity index (χ2v) is 7.29. The van der Waals surface area contributed by atoms with Gasteiger partial charge in [-0.15, -0.1) is 11.3 Å². The largest absolute Gasteiger partial charge is 0.485 e. The van der Waals surface area contributed by atoms with Crippen molar-refractivity contribution in [1.82, 2.24) is 10.3 Å². The fourth-order valence-corrected chi connectivity index (χ4v) is 2.54. The first-order chi connectivity index (χ1) is 9.85. The van der Waals surface area contributed by atoms with E-state index >= 15 is 0 Å². The van der Waals surface area contributed by atoms with Crippen molar-refractivity contribution in [2.45, 2.75) is 46.4 Å². The second-order valence-electron chi connectivity index (χ2n) is 5.97. The average molecular weight is 308 g/mol. The molecule has 114 valence electrons. The number of hydrogen-bond acceptors (Lipinski definition) is 4. The van der Waals surface area contributed by atoms with Crippen LogP contribution in [0.5, 0.6) is 5.75 Å². The van der Waals surface area contributed by atoms with Gasteiger partial charge in [-0.1, -0.05) is 12.1 Å². The van der Waals surface area contributed by atoms with Gasteiger partial charge in [0.1, 0.15) is 6.61 Å². The van der Waals surface area contributed by atoms with E-state index in [9.17, 15) is 4.39 Å².